The molecule has 0 N–H and O–H groups in total. The largest absolute Gasteiger partial charge is 0.304 e. The standard InChI is InChI=1S/C8H19N.C8H8.ClH/c1-4-7-8-9(5-2)6-3;1-2-8-6-4-3-5-7-8;/h4-8H2,1-3H3;2-7H,1H2;1H. The van der Waals surface area contributed by atoms with Crippen molar-refractivity contribution < 1.29 is 0 Å². The van der Waals surface area contributed by atoms with Crippen LogP contribution in [0.3, 0.4) is 0 Å². The Morgan fingerprint density at radius 1 is 1.06 bits per heavy atom. The minimum absolute atomic E-state index is 0. The predicted octanol–water partition coefficient (Wildman–Crippen LogP) is 4.88. The third-order valence-electron chi connectivity index (χ3n) is 2.76. The molecule has 2 heteroatoms. The second-order valence-electron chi connectivity index (χ2n) is 4.00. The SMILES string of the molecule is C=Cc1ccccc1.CCCCN(CC)CC.Cl. The fourth-order valence-electron chi connectivity index (χ4n) is 1.51. The molecule has 1 nitrogen and oxygen atoms in total. The van der Waals surface area contributed by atoms with E-state index in [-0.39, 0.29) is 12.4 Å². The molecule has 0 amide bonds. The van der Waals surface area contributed by atoms with Gasteiger partial charge in [0.15, 0.2) is 0 Å². The maximum Gasteiger partial charge on any atom is -0.00191 e. The molecule has 1 rings (SSSR count). The Labute approximate surface area is 119 Å². The van der Waals surface area contributed by atoms with Gasteiger partial charge in [0.1, 0.15) is 0 Å². The van der Waals surface area contributed by atoms with Gasteiger partial charge in [0, 0.05) is 0 Å². The van der Waals surface area contributed by atoms with E-state index in [1.54, 1.807) is 0 Å². The molecule has 0 heterocycles. The average molecular weight is 270 g/mol. The summed E-state index contributed by atoms with van der Waals surface area (Å²) in [5.41, 5.74) is 1.17. The lowest BCUT2D eigenvalue weighted by molar-refractivity contribution is 0.299. The third kappa shape index (κ3) is 10.4. The molecule has 0 aromatic heterocycles. The smallest absolute Gasteiger partial charge is 0.00191 e. The molecule has 0 atom stereocenters. The minimum Gasteiger partial charge on any atom is -0.304 e. The van der Waals surface area contributed by atoms with Gasteiger partial charge in [-0.05, 0) is 31.6 Å². The number of nitrogens with zero attached hydrogens (tertiary/aromatic N) is 1. The first-order valence-corrected chi connectivity index (χ1v) is 6.68. The molecule has 0 aliphatic rings. The highest BCUT2D eigenvalue weighted by molar-refractivity contribution is 5.85. The minimum atomic E-state index is 0. The van der Waals surface area contributed by atoms with Crippen molar-refractivity contribution in [2.45, 2.75) is 33.6 Å². The lowest BCUT2D eigenvalue weighted by Crippen LogP contribution is -2.23. The predicted molar refractivity (Wildman–Crippen MR) is 86.5 cm³/mol. The normalized spacial score (nSPS) is 9.11. The van der Waals surface area contributed by atoms with Crippen LogP contribution in [0.2, 0.25) is 0 Å². The lowest BCUT2D eigenvalue weighted by Gasteiger charge is -2.16. The van der Waals surface area contributed by atoms with Crippen LogP contribution in [0.5, 0.6) is 0 Å². The molecule has 0 aliphatic carbocycles. The molecule has 0 spiro atoms. The van der Waals surface area contributed by atoms with Crippen LogP contribution >= 0.6 is 12.4 Å². The van der Waals surface area contributed by atoms with Crippen LogP contribution in [0.4, 0.5) is 0 Å². The maximum atomic E-state index is 3.63. The summed E-state index contributed by atoms with van der Waals surface area (Å²) in [4.78, 5) is 2.46. The van der Waals surface area contributed by atoms with Crippen molar-refractivity contribution >= 4 is 18.5 Å². The fraction of sp³-hybridized carbons (Fsp3) is 0.500. The van der Waals surface area contributed by atoms with E-state index < -0.39 is 0 Å². The Balaban J connectivity index is 0. The number of unbranched alkanes of at least 4 members (excludes halogenated alkanes) is 1. The fourth-order valence-corrected chi connectivity index (χ4v) is 1.51. The van der Waals surface area contributed by atoms with E-state index in [1.807, 2.05) is 36.4 Å². The first kappa shape index (κ1) is 19.5. The first-order valence-electron chi connectivity index (χ1n) is 6.68. The summed E-state index contributed by atoms with van der Waals surface area (Å²) in [5.74, 6) is 0. The van der Waals surface area contributed by atoms with Crippen LogP contribution < -0.4 is 0 Å². The molecule has 0 unspecified atom stereocenters. The van der Waals surface area contributed by atoms with Gasteiger partial charge < -0.3 is 4.90 Å². The Hall–Kier alpha value is -0.790. The average Bonchev–Trinajstić information content (AvgIpc) is 2.42. The van der Waals surface area contributed by atoms with Gasteiger partial charge >= 0.3 is 0 Å². The molecule has 1 aromatic carbocycles. The maximum absolute atomic E-state index is 3.63. The molecule has 1 aromatic rings. The summed E-state index contributed by atoms with van der Waals surface area (Å²) >= 11 is 0. The number of halogens is 1. The monoisotopic (exact) mass is 269 g/mol. The van der Waals surface area contributed by atoms with Gasteiger partial charge in [0.25, 0.3) is 0 Å². The summed E-state index contributed by atoms with van der Waals surface area (Å²) < 4.78 is 0. The zero-order valence-electron chi connectivity index (χ0n) is 12.1. The lowest BCUT2D eigenvalue weighted by atomic mass is 10.2. The van der Waals surface area contributed by atoms with Crippen LogP contribution in [-0.2, 0) is 0 Å². The Morgan fingerprint density at radius 2 is 1.61 bits per heavy atom. The summed E-state index contributed by atoms with van der Waals surface area (Å²) in [6.07, 6.45) is 4.50. The van der Waals surface area contributed by atoms with Crippen molar-refractivity contribution in [2.24, 2.45) is 0 Å². The van der Waals surface area contributed by atoms with Gasteiger partial charge in [0.2, 0.25) is 0 Å². The first-order chi connectivity index (χ1) is 8.28. The van der Waals surface area contributed by atoms with Gasteiger partial charge in [-0.15, -0.1) is 12.4 Å². The van der Waals surface area contributed by atoms with E-state index in [1.165, 1.54) is 38.0 Å². The van der Waals surface area contributed by atoms with Crippen molar-refractivity contribution in [1.29, 1.82) is 0 Å². The number of hydrogen-bond donors (Lipinski definition) is 0. The molecular weight excluding hydrogens is 242 g/mol. The van der Waals surface area contributed by atoms with E-state index in [4.69, 9.17) is 0 Å². The van der Waals surface area contributed by atoms with Crippen molar-refractivity contribution in [1.82, 2.24) is 4.90 Å². The second-order valence-corrected chi connectivity index (χ2v) is 4.00. The molecule has 0 fully saturated rings. The number of hydrogen-bond acceptors (Lipinski definition) is 1. The molecule has 0 aliphatic heterocycles. The van der Waals surface area contributed by atoms with Gasteiger partial charge in [0.05, 0.1) is 0 Å². The number of rotatable bonds is 6. The Bertz CT molecular complexity index is 268. The van der Waals surface area contributed by atoms with Gasteiger partial charge in [-0.25, -0.2) is 0 Å². The van der Waals surface area contributed by atoms with Gasteiger partial charge in [-0.2, -0.15) is 0 Å². The summed E-state index contributed by atoms with van der Waals surface area (Å²) in [6, 6.07) is 10.0. The van der Waals surface area contributed by atoms with Crippen molar-refractivity contribution in [3.05, 3.63) is 42.5 Å². The molecule has 104 valence electrons. The summed E-state index contributed by atoms with van der Waals surface area (Å²) in [7, 11) is 0. The summed E-state index contributed by atoms with van der Waals surface area (Å²) in [6.45, 7) is 14.0. The van der Waals surface area contributed by atoms with Gasteiger partial charge in [-0.3, -0.25) is 0 Å². The Morgan fingerprint density at radius 3 is 1.94 bits per heavy atom. The van der Waals surface area contributed by atoms with Crippen molar-refractivity contribution in [2.75, 3.05) is 19.6 Å². The van der Waals surface area contributed by atoms with E-state index in [2.05, 4.69) is 32.3 Å². The van der Waals surface area contributed by atoms with Crippen LogP contribution in [0.1, 0.15) is 39.2 Å². The molecule has 0 bridgehead atoms. The third-order valence-corrected chi connectivity index (χ3v) is 2.76. The molecular formula is C16H28ClN. The summed E-state index contributed by atoms with van der Waals surface area (Å²) in [5, 5.41) is 0. The van der Waals surface area contributed by atoms with E-state index in [9.17, 15) is 0 Å². The molecule has 18 heavy (non-hydrogen) atoms. The van der Waals surface area contributed by atoms with Crippen LogP contribution in [0, 0.1) is 0 Å². The van der Waals surface area contributed by atoms with Gasteiger partial charge in [-0.1, -0.05) is 70.2 Å². The van der Waals surface area contributed by atoms with E-state index >= 15 is 0 Å². The van der Waals surface area contributed by atoms with Crippen LogP contribution in [0.15, 0.2) is 36.9 Å². The van der Waals surface area contributed by atoms with Crippen molar-refractivity contribution in [3.63, 3.8) is 0 Å². The van der Waals surface area contributed by atoms with E-state index in [0.717, 1.165) is 0 Å². The highest BCUT2D eigenvalue weighted by Gasteiger charge is 1.94. The van der Waals surface area contributed by atoms with Crippen molar-refractivity contribution in [3.8, 4) is 0 Å². The van der Waals surface area contributed by atoms with Crippen LogP contribution in [-0.4, -0.2) is 24.5 Å². The highest BCUT2D eigenvalue weighted by atomic mass is 35.5. The highest BCUT2D eigenvalue weighted by Crippen LogP contribution is 1.97. The quantitative estimate of drug-likeness (QED) is 0.711. The zero-order chi connectivity index (χ0) is 12.9. The molecule has 0 radical (unpaired) electrons. The molecule has 0 saturated heterocycles. The van der Waals surface area contributed by atoms with Crippen LogP contribution in [0.25, 0.3) is 6.08 Å². The Kier molecular flexibility index (Phi) is 15.5. The van der Waals surface area contributed by atoms with E-state index in [0.29, 0.717) is 0 Å². The number of benzene rings is 1. The zero-order valence-corrected chi connectivity index (χ0v) is 12.9. The topological polar surface area (TPSA) is 3.24 Å². The molecule has 0 saturated carbocycles. The second kappa shape index (κ2) is 14.3.